The molecule has 3 heterocycles. The lowest BCUT2D eigenvalue weighted by molar-refractivity contribution is 0.313. The number of fused-ring (bicyclic) bond motifs is 2. The summed E-state index contributed by atoms with van der Waals surface area (Å²) in [6.07, 6.45) is 0. The maximum absolute atomic E-state index is 4.78. The van der Waals surface area contributed by atoms with Crippen LogP contribution in [0.4, 0.5) is 17.3 Å². The lowest BCUT2D eigenvalue weighted by atomic mass is 10.1. The van der Waals surface area contributed by atoms with Crippen molar-refractivity contribution in [3.63, 3.8) is 0 Å². The first-order chi connectivity index (χ1) is 14.1. The first-order valence-electron chi connectivity index (χ1n) is 10.1. The monoisotopic (exact) mass is 386 g/mol. The average Bonchev–Trinajstić information content (AvgIpc) is 3.04. The highest BCUT2D eigenvalue weighted by Gasteiger charge is 2.16. The molecule has 0 aliphatic carbocycles. The largest absolute Gasteiger partial charge is 0.369 e. The Morgan fingerprint density at radius 2 is 1.66 bits per heavy atom. The van der Waals surface area contributed by atoms with E-state index in [1.165, 1.54) is 5.69 Å². The van der Waals surface area contributed by atoms with Gasteiger partial charge in [-0.3, -0.25) is 4.98 Å². The summed E-state index contributed by atoms with van der Waals surface area (Å²) in [4.78, 5) is 14.4. The van der Waals surface area contributed by atoms with Gasteiger partial charge in [0.15, 0.2) is 0 Å². The summed E-state index contributed by atoms with van der Waals surface area (Å²) < 4.78 is 2.10. The summed E-state index contributed by atoms with van der Waals surface area (Å²) in [5, 5.41) is 4.69. The van der Waals surface area contributed by atoms with Crippen molar-refractivity contribution in [2.75, 3.05) is 43.4 Å². The summed E-state index contributed by atoms with van der Waals surface area (Å²) in [7, 11) is 4.23. The van der Waals surface area contributed by atoms with E-state index in [0.717, 1.165) is 65.4 Å². The van der Waals surface area contributed by atoms with E-state index in [2.05, 4.69) is 57.1 Å². The number of anilines is 3. The predicted octanol–water partition coefficient (Wildman–Crippen LogP) is 3.93. The Morgan fingerprint density at radius 1 is 0.862 bits per heavy atom. The lowest BCUT2D eigenvalue weighted by Crippen LogP contribution is -2.44. The van der Waals surface area contributed by atoms with Gasteiger partial charge in [0.05, 0.1) is 22.2 Å². The molecule has 148 valence electrons. The molecule has 4 aromatic rings. The highest BCUT2D eigenvalue weighted by Crippen LogP contribution is 2.31. The number of imidazole rings is 1. The van der Waals surface area contributed by atoms with Gasteiger partial charge in [-0.2, -0.15) is 0 Å². The van der Waals surface area contributed by atoms with Crippen molar-refractivity contribution >= 4 is 39.3 Å². The molecular weight excluding hydrogens is 360 g/mol. The van der Waals surface area contributed by atoms with Crippen LogP contribution in [0, 0.1) is 6.92 Å². The number of hydrogen-bond donors (Lipinski definition) is 1. The summed E-state index contributed by atoms with van der Waals surface area (Å²) in [6, 6.07) is 16.9. The Balaban J connectivity index is 1.56. The van der Waals surface area contributed by atoms with Crippen LogP contribution >= 0.6 is 0 Å². The standard InChI is InChI=1S/C23H26N6/c1-16-14-21(26-23-25-20-6-4-5-7-22(20)28(23)3)18-15-17(8-9-19(18)24-16)29-12-10-27(2)11-13-29/h4-9,14-15H,10-13H2,1-3H3,(H,24,25,26). The summed E-state index contributed by atoms with van der Waals surface area (Å²) in [5.74, 6) is 0.836. The van der Waals surface area contributed by atoms with E-state index in [9.17, 15) is 0 Å². The number of piperazine rings is 1. The van der Waals surface area contributed by atoms with Crippen LogP contribution in [0.15, 0.2) is 48.5 Å². The molecule has 0 atom stereocenters. The number of aromatic nitrogens is 3. The molecule has 0 saturated carbocycles. The number of aryl methyl sites for hydroxylation is 2. The molecule has 0 bridgehead atoms. The number of hydrogen-bond acceptors (Lipinski definition) is 5. The SMILES string of the molecule is Cc1cc(Nc2nc3ccccc3n2C)c2cc(N3CCN(C)CC3)ccc2n1. The summed E-state index contributed by atoms with van der Waals surface area (Å²) in [5.41, 5.74) is 6.40. The molecule has 29 heavy (non-hydrogen) atoms. The number of benzene rings is 2. The minimum atomic E-state index is 0.836. The van der Waals surface area contributed by atoms with Crippen LogP contribution < -0.4 is 10.2 Å². The normalized spacial score (nSPS) is 15.3. The van der Waals surface area contributed by atoms with Crippen LogP contribution in [0.3, 0.4) is 0 Å². The molecule has 0 radical (unpaired) electrons. The first kappa shape index (κ1) is 17.9. The van der Waals surface area contributed by atoms with Gasteiger partial charge in [0.2, 0.25) is 5.95 Å². The van der Waals surface area contributed by atoms with Gasteiger partial charge >= 0.3 is 0 Å². The molecule has 0 unspecified atom stereocenters. The topological polar surface area (TPSA) is 49.2 Å². The molecule has 1 fully saturated rings. The zero-order valence-electron chi connectivity index (χ0n) is 17.2. The van der Waals surface area contributed by atoms with Crippen LogP contribution in [0.5, 0.6) is 0 Å². The van der Waals surface area contributed by atoms with Crippen molar-refractivity contribution in [3.8, 4) is 0 Å². The van der Waals surface area contributed by atoms with E-state index in [-0.39, 0.29) is 0 Å². The molecule has 1 saturated heterocycles. The third-order valence-electron chi connectivity index (χ3n) is 5.82. The molecule has 5 rings (SSSR count). The van der Waals surface area contributed by atoms with Gasteiger partial charge in [-0.1, -0.05) is 12.1 Å². The molecule has 1 N–H and O–H groups in total. The van der Waals surface area contributed by atoms with Crippen LogP contribution in [0.2, 0.25) is 0 Å². The van der Waals surface area contributed by atoms with Crippen molar-refractivity contribution in [2.24, 2.45) is 7.05 Å². The second kappa shape index (κ2) is 7.04. The van der Waals surface area contributed by atoms with Crippen molar-refractivity contribution < 1.29 is 0 Å². The Morgan fingerprint density at radius 3 is 2.45 bits per heavy atom. The predicted molar refractivity (Wildman–Crippen MR) is 120 cm³/mol. The smallest absolute Gasteiger partial charge is 0.208 e. The zero-order valence-corrected chi connectivity index (χ0v) is 17.2. The van der Waals surface area contributed by atoms with E-state index < -0.39 is 0 Å². The number of likely N-dealkylation sites (N-methyl/N-ethyl adjacent to an activating group) is 1. The highest BCUT2D eigenvalue weighted by atomic mass is 15.2. The van der Waals surface area contributed by atoms with Crippen LogP contribution in [-0.2, 0) is 7.05 Å². The first-order valence-corrected chi connectivity index (χ1v) is 10.1. The fraction of sp³-hybridized carbons (Fsp3) is 0.304. The molecule has 6 heteroatoms. The van der Waals surface area contributed by atoms with E-state index in [1.807, 2.05) is 32.2 Å². The number of rotatable bonds is 3. The van der Waals surface area contributed by atoms with Gasteiger partial charge in [0.1, 0.15) is 0 Å². The molecule has 1 aliphatic rings. The molecule has 2 aromatic heterocycles. The Bertz CT molecular complexity index is 1190. The van der Waals surface area contributed by atoms with Gasteiger partial charge in [-0.25, -0.2) is 4.98 Å². The third-order valence-corrected chi connectivity index (χ3v) is 5.82. The molecule has 6 nitrogen and oxygen atoms in total. The maximum Gasteiger partial charge on any atom is 0.208 e. The average molecular weight is 387 g/mol. The van der Waals surface area contributed by atoms with Crippen molar-refractivity contribution in [3.05, 3.63) is 54.2 Å². The third kappa shape index (κ3) is 3.29. The summed E-state index contributed by atoms with van der Waals surface area (Å²) in [6.45, 7) is 6.32. The van der Waals surface area contributed by atoms with Crippen molar-refractivity contribution in [1.29, 1.82) is 0 Å². The molecular formula is C23H26N6. The fourth-order valence-electron chi connectivity index (χ4n) is 4.09. The lowest BCUT2D eigenvalue weighted by Gasteiger charge is -2.34. The van der Waals surface area contributed by atoms with Gasteiger partial charge < -0.3 is 19.7 Å². The molecule has 0 spiro atoms. The number of para-hydroxylation sites is 2. The second-order valence-electron chi connectivity index (χ2n) is 7.91. The van der Waals surface area contributed by atoms with Crippen molar-refractivity contribution in [1.82, 2.24) is 19.4 Å². The number of nitrogens with zero attached hydrogens (tertiary/aromatic N) is 5. The van der Waals surface area contributed by atoms with Gasteiger partial charge in [-0.15, -0.1) is 0 Å². The Hall–Kier alpha value is -3.12. The Kier molecular flexibility index (Phi) is 4.36. The fourth-order valence-corrected chi connectivity index (χ4v) is 4.09. The second-order valence-corrected chi connectivity index (χ2v) is 7.91. The molecule has 2 aromatic carbocycles. The Labute approximate surface area is 170 Å². The molecule has 0 amide bonds. The maximum atomic E-state index is 4.78. The zero-order chi connectivity index (χ0) is 20.0. The number of pyridine rings is 1. The summed E-state index contributed by atoms with van der Waals surface area (Å²) >= 11 is 0. The van der Waals surface area contributed by atoms with Gasteiger partial charge in [0.25, 0.3) is 0 Å². The van der Waals surface area contributed by atoms with E-state index in [4.69, 9.17) is 9.97 Å². The van der Waals surface area contributed by atoms with Crippen molar-refractivity contribution in [2.45, 2.75) is 6.92 Å². The number of nitrogens with one attached hydrogen (secondary N) is 1. The van der Waals surface area contributed by atoms with Gasteiger partial charge in [0, 0.05) is 50.0 Å². The van der Waals surface area contributed by atoms with Crippen LogP contribution in [0.25, 0.3) is 21.9 Å². The molecule has 1 aliphatic heterocycles. The minimum absolute atomic E-state index is 0.836. The van der Waals surface area contributed by atoms with Crippen LogP contribution in [-0.4, -0.2) is 52.7 Å². The minimum Gasteiger partial charge on any atom is -0.369 e. The highest BCUT2D eigenvalue weighted by molar-refractivity contribution is 5.95. The van der Waals surface area contributed by atoms with E-state index >= 15 is 0 Å². The van der Waals surface area contributed by atoms with Crippen LogP contribution in [0.1, 0.15) is 5.69 Å². The van der Waals surface area contributed by atoms with Gasteiger partial charge in [-0.05, 0) is 50.4 Å². The van der Waals surface area contributed by atoms with E-state index in [1.54, 1.807) is 0 Å². The van der Waals surface area contributed by atoms with E-state index in [0.29, 0.717) is 0 Å². The quantitative estimate of drug-likeness (QED) is 0.578.